The number of fused-ring (bicyclic) bond motifs is 1. The molecule has 2 amide bonds. The average molecular weight is 426 g/mol. The molecule has 4 rings (SSSR count). The van der Waals surface area contributed by atoms with Crippen molar-refractivity contribution in [2.45, 2.75) is 72.1 Å². The predicted octanol–water partition coefficient (Wildman–Crippen LogP) is 3.26. The molecule has 1 unspecified atom stereocenters. The van der Waals surface area contributed by atoms with Crippen LogP contribution < -0.4 is 0 Å². The number of aromatic nitrogens is 3. The fraction of sp³-hybridized carbons (Fsp3) is 0.667. The van der Waals surface area contributed by atoms with E-state index >= 15 is 0 Å². The van der Waals surface area contributed by atoms with Crippen LogP contribution in [0.1, 0.15) is 74.5 Å². The molecule has 2 aliphatic heterocycles. The van der Waals surface area contributed by atoms with Gasteiger partial charge in [0.15, 0.2) is 5.65 Å². The van der Waals surface area contributed by atoms with Gasteiger partial charge in [-0.15, -0.1) is 0 Å². The number of hydrogen-bond acceptors (Lipinski definition) is 4. The number of rotatable bonds is 5. The quantitative estimate of drug-likeness (QED) is 0.737. The molecule has 7 nitrogen and oxygen atoms in total. The molecule has 2 fully saturated rings. The second kappa shape index (κ2) is 8.97. The maximum absolute atomic E-state index is 12.7. The van der Waals surface area contributed by atoms with Gasteiger partial charge in [0, 0.05) is 62.4 Å². The van der Waals surface area contributed by atoms with Gasteiger partial charge in [-0.3, -0.25) is 9.59 Å². The van der Waals surface area contributed by atoms with E-state index in [4.69, 9.17) is 10.1 Å². The Morgan fingerprint density at radius 3 is 2.48 bits per heavy atom. The number of likely N-dealkylation sites (tertiary alicyclic amines) is 2. The van der Waals surface area contributed by atoms with Crippen LogP contribution in [-0.2, 0) is 16.0 Å². The number of amides is 2. The summed E-state index contributed by atoms with van der Waals surface area (Å²) >= 11 is 0. The van der Waals surface area contributed by atoms with E-state index < -0.39 is 0 Å². The van der Waals surface area contributed by atoms with Crippen LogP contribution in [0.2, 0.25) is 0 Å². The molecular formula is C24H35N5O2. The maximum atomic E-state index is 12.7. The molecule has 0 spiro atoms. The van der Waals surface area contributed by atoms with Crippen LogP contribution in [0.25, 0.3) is 5.65 Å². The Morgan fingerprint density at radius 1 is 1.06 bits per heavy atom. The van der Waals surface area contributed by atoms with Gasteiger partial charge in [-0.25, -0.2) is 9.50 Å². The first-order valence-electron chi connectivity index (χ1n) is 11.8. The third-order valence-corrected chi connectivity index (χ3v) is 7.17. The highest BCUT2D eigenvalue weighted by Crippen LogP contribution is 2.28. The van der Waals surface area contributed by atoms with E-state index in [2.05, 4.69) is 19.9 Å². The second-order valence-corrected chi connectivity index (χ2v) is 9.34. The predicted molar refractivity (Wildman–Crippen MR) is 120 cm³/mol. The Bertz CT molecular complexity index is 974. The fourth-order valence-electron chi connectivity index (χ4n) is 5.01. The van der Waals surface area contributed by atoms with E-state index in [1.54, 1.807) is 0 Å². The largest absolute Gasteiger partial charge is 0.343 e. The third-order valence-electron chi connectivity index (χ3n) is 7.17. The van der Waals surface area contributed by atoms with Crippen LogP contribution in [0.4, 0.5) is 0 Å². The molecular weight excluding hydrogens is 390 g/mol. The molecule has 4 heterocycles. The summed E-state index contributed by atoms with van der Waals surface area (Å²) in [5.74, 6) is 1.45. The van der Waals surface area contributed by atoms with Gasteiger partial charge in [0.05, 0.1) is 5.69 Å². The lowest BCUT2D eigenvalue weighted by atomic mass is 9.98. The highest BCUT2D eigenvalue weighted by Gasteiger charge is 2.29. The minimum Gasteiger partial charge on any atom is -0.343 e. The van der Waals surface area contributed by atoms with Crippen molar-refractivity contribution in [2.75, 3.05) is 26.2 Å². The monoisotopic (exact) mass is 425 g/mol. The third kappa shape index (κ3) is 4.46. The van der Waals surface area contributed by atoms with Crippen LogP contribution in [0.15, 0.2) is 6.07 Å². The number of piperidine rings is 1. The Balaban J connectivity index is 1.48. The minimum atomic E-state index is 0.214. The van der Waals surface area contributed by atoms with Crippen molar-refractivity contribution in [3.63, 3.8) is 0 Å². The molecule has 0 bridgehead atoms. The Kier molecular flexibility index (Phi) is 6.30. The molecule has 0 aromatic carbocycles. The van der Waals surface area contributed by atoms with Crippen molar-refractivity contribution in [1.82, 2.24) is 24.4 Å². The normalized spacial score (nSPS) is 20.1. The van der Waals surface area contributed by atoms with Gasteiger partial charge in [0.25, 0.3) is 0 Å². The van der Waals surface area contributed by atoms with Crippen molar-refractivity contribution in [3.8, 4) is 0 Å². The molecule has 1 atom stereocenters. The first kappa shape index (κ1) is 21.8. The van der Waals surface area contributed by atoms with E-state index in [0.29, 0.717) is 19.3 Å². The van der Waals surface area contributed by atoms with Crippen molar-refractivity contribution < 1.29 is 9.59 Å². The SMILES string of the molecule is CCC(=O)N1CCC(c2cc3nc(C)c(CCC(=O)N4CCC(C)CC4)c(C)n3n2)C1. The fourth-order valence-corrected chi connectivity index (χ4v) is 5.01. The molecule has 7 heteroatoms. The van der Waals surface area contributed by atoms with Gasteiger partial charge in [-0.1, -0.05) is 13.8 Å². The molecule has 2 saturated heterocycles. The lowest BCUT2D eigenvalue weighted by Crippen LogP contribution is -2.38. The Hall–Kier alpha value is -2.44. The average Bonchev–Trinajstić information content (AvgIpc) is 3.40. The van der Waals surface area contributed by atoms with Gasteiger partial charge in [0.1, 0.15) is 0 Å². The molecule has 2 aromatic rings. The van der Waals surface area contributed by atoms with E-state index in [9.17, 15) is 9.59 Å². The number of hydrogen-bond donors (Lipinski definition) is 0. The van der Waals surface area contributed by atoms with E-state index in [1.165, 1.54) is 0 Å². The molecule has 168 valence electrons. The van der Waals surface area contributed by atoms with Crippen LogP contribution in [0.5, 0.6) is 0 Å². The maximum Gasteiger partial charge on any atom is 0.222 e. The zero-order valence-corrected chi connectivity index (χ0v) is 19.4. The van der Waals surface area contributed by atoms with E-state index in [0.717, 1.165) is 79.7 Å². The highest BCUT2D eigenvalue weighted by atomic mass is 16.2. The molecule has 0 aliphatic carbocycles. The van der Waals surface area contributed by atoms with Gasteiger partial charge in [-0.2, -0.15) is 5.10 Å². The summed E-state index contributed by atoms with van der Waals surface area (Å²) in [4.78, 5) is 33.5. The van der Waals surface area contributed by atoms with Crippen molar-refractivity contribution in [3.05, 3.63) is 28.7 Å². The summed E-state index contributed by atoms with van der Waals surface area (Å²) in [7, 11) is 0. The van der Waals surface area contributed by atoms with Crippen molar-refractivity contribution >= 4 is 17.5 Å². The number of aryl methyl sites for hydroxylation is 2. The summed E-state index contributed by atoms with van der Waals surface area (Å²) in [6.45, 7) is 11.6. The first-order valence-corrected chi connectivity index (χ1v) is 11.8. The Labute approximate surface area is 184 Å². The van der Waals surface area contributed by atoms with Crippen LogP contribution in [0, 0.1) is 19.8 Å². The van der Waals surface area contributed by atoms with Crippen LogP contribution in [-0.4, -0.2) is 62.4 Å². The molecule has 0 radical (unpaired) electrons. The summed E-state index contributed by atoms with van der Waals surface area (Å²) in [6, 6.07) is 2.06. The minimum absolute atomic E-state index is 0.214. The summed E-state index contributed by atoms with van der Waals surface area (Å²) in [5.41, 5.74) is 5.02. The van der Waals surface area contributed by atoms with Crippen molar-refractivity contribution in [1.29, 1.82) is 0 Å². The van der Waals surface area contributed by atoms with Crippen LogP contribution >= 0.6 is 0 Å². The smallest absolute Gasteiger partial charge is 0.222 e. The molecule has 0 N–H and O–H groups in total. The standard InChI is InChI=1S/C24H35N5O2/c1-5-23(30)28-13-10-19(15-28)21-14-22-25-17(3)20(18(4)29(22)26-21)6-7-24(31)27-11-8-16(2)9-12-27/h14,16,19H,5-13,15H2,1-4H3. The van der Waals surface area contributed by atoms with E-state index in [1.807, 2.05) is 28.2 Å². The zero-order chi connectivity index (χ0) is 22.1. The topological polar surface area (TPSA) is 70.8 Å². The van der Waals surface area contributed by atoms with Crippen LogP contribution in [0.3, 0.4) is 0 Å². The number of carbonyl (C=O) groups is 2. The molecule has 2 aliphatic rings. The van der Waals surface area contributed by atoms with Gasteiger partial charge < -0.3 is 9.80 Å². The highest BCUT2D eigenvalue weighted by molar-refractivity contribution is 5.77. The summed E-state index contributed by atoms with van der Waals surface area (Å²) in [6.07, 6.45) is 4.93. The lowest BCUT2D eigenvalue weighted by molar-refractivity contribution is -0.132. The zero-order valence-electron chi connectivity index (χ0n) is 19.4. The Morgan fingerprint density at radius 2 is 1.77 bits per heavy atom. The van der Waals surface area contributed by atoms with Gasteiger partial charge in [-0.05, 0) is 51.0 Å². The summed E-state index contributed by atoms with van der Waals surface area (Å²) in [5, 5.41) is 4.86. The number of carbonyl (C=O) groups excluding carboxylic acids is 2. The summed E-state index contributed by atoms with van der Waals surface area (Å²) < 4.78 is 1.93. The van der Waals surface area contributed by atoms with E-state index in [-0.39, 0.29) is 17.7 Å². The molecule has 0 saturated carbocycles. The molecule has 2 aromatic heterocycles. The second-order valence-electron chi connectivity index (χ2n) is 9.34. The molecule has 31 heavy (non-hydrogen) atoms. The van der Waals surface area contributed by atoms with Crippen molar-refractivity contribution in [2.24, 2.45) is 5.92 Å². The number of nitrogens with zero attached hydrogens (tertiary/aromatic N) is 5. The lowest BCUT2D eigenvalue weighted by Gasteiger charge is -2.30. The first-order chi connectivity index (χ1) is 14.9. The van der Waals surface area contributed by atoms with Gasteiger partial charge in [0.2, 0.25) is 11.8 Å². The van der Waals surface area contributed by atoms with Gasteiger partial charge >= 0.3 is 0 Å².